The van der Waals surface area contributed by atoms with Crippen LogP contribution in [0.3, 0.4) is 0 Å². The van der Waals surface area contributed by atoms with E-state index in [1.807, 2.05) is 6.07 Å². The van der Waals surface area contributed by atoms with E-state index in [4.69, 9.17) is 16.7 Å². The molecule has 0 spiro atoms. The van der Waals surface area contributed by atoms with Crippen LogP contribution >= 0.6 is 34.3 Å². The molecule has 0 aliphatic heterocycles. The molecule has 0 aliphatic carbocycles. The van der Waals surface area contributed by atoms with Crippen molar-refractivity contribution < 1.29 is 14.7 Å². The quantitative estimate of drug-likeness (QED) is 0.902. The van der Waals surface area contributed by atoms with Crippen molar-refractivity contribution in [2.75, 3.05) is 0 Å². The number of hydrogen-bond acceptors (Lipinski definition) is 5. The van der Waals surface area contributed by atoms with Gasteiger partial charge in [0.15, 0.2) is 0 Å². The summed E-state index contributed by atoms with van der Waals surface area (Å²) in [6.45, 7) is 2.83. The van der Waals surface area contributed by atoms with Gasteiger partial charge in [0.2, 0.25) is 0 Å². The molecule has 2 rings (SSSR count). The van der Waals surface area contributed by atoms with Gasteiger partial charge in [0.05, 0.1) is 9.21 Å². The van der Waals surface area contributed by atoms with E-state index >= 15 is 0 Å². The van der Waals surface area contributed by atoms with Crippen LogP contribution in [0.2, 0.25) is 4.34 Å². The Labute approximate surface area is 128 Å². The molecule has 0 fully saturated rings. The lowest BCUT2D eigenvalue weighted by atomic mass is 10.1. The fourth-order valence-electron chi connectivity index (χ4n) is 1.32. The highest BCUT2D eigenvalue weighted by Crippen LogP contribution is 2.32. The molecule has 2 heterocycles. The average molecular weight is 331 g/mol. The lowest BCUT2D eigenvalue weighted by Gasteiger charge is -2.20. The van der Waals surface area contributed by atoms with Crippen molar-refractivity contribution in [3.63, 3.8) is 0 Å². The summed E-state index contributed by atoms with van der Waals surface area (Å²) in [6.07, 6.45) is 0. The number of carboxylic acid groups (broad SMARTS) is 1. The van der Waals surface area contributed by atoms with Gasteiger partial charge in [-0.3, -0.25) is 4.79 Å². The fourth-order valence-corrected chi connectivity index (χ4v) is 3.24. The van der Waals surface area contributed by atoms with E-state index in [0.29, 0.717) is 9.34 Å². The molecule has 0 radical (unpaired) electrons. The van der Waals surface area contributed by atoms with Gasteiger partial charge in [-0.05, 0) is 26.0 Å². The van der Waals surface area contributed by atoms with Gasteiger partial charge >= 0.3 is 5.97 Å². The van der Waals surface area contributed by atoms with Gasteiger partial charge in [0.25, 0.3) is 5.91 Å². The zero-order valence-corrected chi connectivity index (χ0v) is 13.0. The molecule has 2 aromatic rings. The summed E-state index contributed by atoms with van der Waals surface area (Å²) in [4.78, 5) is 28.0. The number of thiophene rings is 1. The molecule has 0 atom stereocenters. The Balaban J connectivity index is 2.17. The third-order valence-electron chi connectivity index (χ3n) is 2.48. The molecule has 0 bridgehead atoms. The van der Waals surface area contributed by atoms with Gasteiger partial charge in [-0.2, -0.15) is 0 Å². The van der Waals surface area contributed by atoms with Crippen molar-refractivity contribution in [3.05, 3.63) is 27.5 Å². The Morgan fingerprint density at radius 3 is 2.65 bits per heavy atom. The number of halogens is 1. The number of nitrogens with zero attached hydrogens (tertiary/aromatic N) is 1. The topological polar surface area (TPSA) is 79.3 Å². The number of amides is 1. The van der Waals surface area contributed by atoms with Crippen LogP contribution in [0.1, 0.15) is 24.3 Å². The Morgan fingerprint density at radius 1 is 1.40 bits per heavy atom. The molecule has 8 heteroatoms. The number of carbonyl (C=O) groups excluding carboxylic acids is 1. The van der Waals surface area contributed by atoms with Gasteiger partial charge in [0, 0.05) is 5.38 Å². The number of thiazole rings is 1. The van der Waals surface area contributed by atoms with Gasteiger partial charge in [-0.15, -0.1) is 22.7 Å². The minimum atomic E-state index is -1.34. The third kappa shape index (κ3) is 3.17. The predicted molar refractivity (Wildman–Crippen MR) is 79.6 cm³/mol. The second-order valence-electron chi connectivity index (χ2n) is 4.53. The normalized spacial score (nSPS) is 11.3. The number of carbonyl (C=O) groups is 2. The highest BCUT2D eigenvalue weighted by Gasteiger charge is 2.30. The molecule has 5 nitrogen and oxygen atoms in total. The van der Waals surface area contributed by atoms with E-state index in [9.17, 15) is 9.59 Å². The largest absolute Gasteiger partial charge is 0.480 e. The van der Waals surface area contributed by atoms with Crippen molar-refractivity contribution in [1.82, 2.24) is 10.3 Å². The minimum Gasteiger partial charge on any atom is -0.480 e. The highest BCUT2D eigenvalue weighted by atomic mass is 35.5. The van der Waals surface area contributed by atoms with Gasteiger partial charge in [-0.1, -0.05) is 11.6 Å². The Hall–Kier alpha value is -1.44. The van der Waals surface area contributed by atoms with Crippen LogP contribution in [-0.2, 0) is 4.79 Å². The van der Waals surface area contributed by atoms with E-state index < -0.39 is 17.4 Å². The summed E-state index contributed by atoms with van der Waals surface area (Å²) in [7, 11) is 0. The molecule has 20 heavy (non-hydrogen) atoms. The molecular formula is C12H11ClN2O3S2. The molecule has 0 aliphatic rings. The molecule has 0 unspecified atom stereocenters. The van der Waals surface area contributed by atoms with Crippen LogP contribution in [0.5, 0.6) is 0 Å². The smallest absolute Gasteiger partial charge is 0.328 e. The second-order valence-corrected chi connectivity index (χ2v) is 7.10. The Bertz CT molecular complexity index is 663. The number of hydrogen-bond donors (Lipinski definition) is 2. The first kappa shape index (κ1) is 15.0. The Kier molecular flexibility index (Phi) is 4.12. The number of rotatable bonds is 4. The molecule has 106 valence electrons. The fraction of sp³-hybridized carbons (Fsp3) is 0.250. The number of nitrogens with one attached hydrogen (secondary N) is 1. The zero-order valence-electron chi connectivity index (χ0n) is 10.6. The van der Waals surface area contributed by atoms with Crippen molar-refractivity contribution in [3.8, 4) is 9.88 Å². The van der Waals surface area contributed by atoms with E-state index in [1.54, 1.807) is 11.4 Å². The summed E-state index contributed by atoms with van der Waals surface area (Å²) in [5.41, 5.74) is -1.14. The monoisotopic (exact) mass is 330 g/mol. The first-order valence-electron chi connectivity index (χ1n) is 5.57. The maximum Gasteiger partial charge on any atom is 0.328 e. The number of aliphatic carboxylic acids is 1. The molecule has 1 amide bonds. The summed E-state index contributed by atoms with van der Waals surface area (Å²) >= 11 is 8.53. The van der Waals surface area contributed by atoms with Crippen LogP contribution in [0.15, 0.2) is 17.5 Å². The van der Waals surface area contributed by atoms with Crippen LogP contribution < -0.4 is 5.32 Å². The second kappa shape index (κ2) is 5.51. The molecule has 0 saturated heterocycles. The first-order chi connectivity index (χ1) is 9.29. The summed E-state index contributed by atoms with van der Waals surface area (Å²) in [5, 5.41) is 13.7. The standard InChI is InChI=1S/C12H11ClN2O3S2/c1-12(2,11(17)18)15-9(16)6-5-19-10(14-6)7-3-4-8(13)20-7/h3-5H,1-2H3,(H,15,16)(H,17,18). The number of carboxylic acids is 1. The zero-order chi connectivity index (χ0) is 14.9. The van der Waals surface area contributed by atoms with Crippen molar-refractivity contribution in [1.29, 1.82) is 0 Å². The van der Waals surface area contributed by atoms with Crippen LogP contribution in [0.4, 0.5) is 0 Å². The summed E-state index contributed by atoms with van der Waals surface area (Å²) in [5.74, 6) is -1.62. The van der Waals surface area contributed by atoms with Gasteiger partial charge in [-0.25, -0.2) is 9.78 Å². The van der Waals surface area contributed by atoms with Gasteiger partial charge in [0.1, 0.15) is 16.2 Å². The van der Waals surface area contributed by atoms with E-state index in [0.717, 1.165) is 4.88 Å². The predicted octanol–water partition coefficient (Wildman–Crippen LogP) is 3.12. The third-order valence-corrected chi connectivity index (χ3v) is 4.72. The first-order valence-corrected chi connectivity index (χ1v) is 7.64. The summed E-state index contributed by atoms with van der Waals surface area (Å²) < 4.78 is 0.646. The minimum absolute atomic E-state index is 0.198. The average Bonchev–Trinajstić information content (AvgIpc) is 2.96. The molecule has 2 aromatic heterocycles. The van der Waals surface area contributed by atoms with Gasteiger partial charge < -0.3 is 10.4 Å². The summed E-state index contributed by atoms with van der Waals surface area (Å²) in [6, 6.07) is 3.59. The van der Waals surface area contributed by atoms with Crippen molar-refractivity contribution >= 4 is 46.2 Å². The molecule has 2 N–H and O–H groups in total. The molecule has 0 aromatic carbocycles. The highest BCUT2D eigenvalue weighted by molar-refractivity contribution is 7.23. The van der Waals surface area contributed by atoms with E-state index in [-0.39, 0.29) is 5.69 Å². The molecular weight excluding hydrogens is 320 g/mol. The van der Waals surface area contributed by atoms with Crippen molar-refractivity contribution in [2.45, 2.75) is 19.4 Å². The maximum absolute atomic E-state index is 12.0. The Morgan fingerprint density at radius 2 is 2.10 bits per heavy atom. The molecule has 0 saturated carbocycles. The van der Waals surface area contributed by atoms with E-state index in [1.165, 1.54) is 36.5 Å². The van der Waals surface area contributed by atoms with Crippen LogP contribution in [0.25, 0.3) is 9.88 Å². The van der Waals surface area contributed by atoms with Crippen LogP contribution in [-0.4, -0.2) is 27.5 Å². The number of aromatic nitrogens is 1. The SMILES string of the molecule is CC(C)(NC(=O)c1csc(-c2ccc(Cl)s2)n1)C(=O)O. The lowest BCUT2D eigenvalue weighted by molar-refractivity contribution is -0.143. The van der Waals surface area contributed by atoms with E-state index in [2.05, 4.69) is 10.3 Å². The van der Waals surface area contributed by atoms with Crippen LogP contribution in [0, 0.1) is 0 Å². The lowest BCUT2D eigenvalue weighted by Crippen LogP contribution is -2.49. The van der Waals surface area contributed by atoms with Crippen molar-refractivity contribution in [2.24, 2.45) is 0 Å². The maximum atomic E-state index is 12.0.